The number of hydrogen-bond acceptors (Lipinski definition) is 2. The van der Waals surface area contributed by atoms with E-state index in [1.807, 2.05) is 12.1 Å². The van der Waals surface area contributed by atoms with Crippen molar-refractivity contribution in [2.75, 3.05) is 13.2 Å². The van der Waals surface area contributed by atoms with Gasteiger partial charge in [-0.15, -0.1) is 0 Å². The van der Waals surface area contributed by atoms with Crippen LogP contribution in [0.5, 0.6) is 0 Å². The Morgan fingerprint density at radius 1 is 0.735 bits per heavy atom. The summed E-state index contributed by atoms with van der Waals surface area (Å²) in [6.07, 6.45) is 7.95. The highest BCUT2D eigenvalue weighted by molar-refractivity contribution is 5.28. The van der Waals surface area contributed by atoms with Crippen molar-refractivity contribution in [1.29, 1.82) is 0 Å². The number of hydrogen-bond donors (Lipinski definition) is 0. The lowest BCUT2D eigenvalue weighted by Gasteiger charge is -2.48. The van der Waals surface area contributed by atoms with Crippen molar-refractivity contribution in [1.82, 2.24) is 4.90 Å². The van der Waals surface area contributed by atoms with Gasteiger partial charge in [-0.05, 0) is 67.5 Å². The Labute approximate surface area is 203 Å². The van der Waals surface area contributed by atoms with Gasteiger partial charge >= 0.3 is 0 Å². The van der Waals surface area contributed by atoms with Gasteiger partial charge in [0.15, 0.2) is 0 Å². The van der Waals surface area contributed by atoms with Crippen molar-refractivity contribution in [2.45, 2.75) is 69.1 Å². The SMILES string of the molecule is Fc1ccc(C2(CCN(Cc3ccccc3)Cc3ccccc3)CCOC3(CCCC3)C2)cc1. The van der Waals surface area contributed by atoms with Gasteiger partial charge in [0.2, 0.25) is 0 Å². The highest BCUT2D eigenvalue weighted by Gasteiger charge is 2.47. The first-order valence-electron chi connectivity index (χ1n) is 12.9. The Balaban J connectivity index is 1.40. The molecule has 3 heteroatoms. The summed E-state index contributed by atoms with van der Waals surface area (Å²) in [5.74, 6) is -0.156. The predicted octanol–water partition coefficient (Wildman–Crippen LogP) is 7.28. The van der Waals surface area contributed by atoms with Gasteiger partial charge in [-0.3, -0.25) is 4.90 Å². The molecule has 178 valence electrons. The van der Waals surface area contributed by atoms with Crippen LogP contribution in [0.15, 0.2) is 84.9 Å². The standard InChI is InChI=1S/C31H36FNO/c32-29-15-13-28(14-16-29)30(20-22-34-31(25-30)17-7-8-18-31)19-21-33(23-26-9-3-1-4-10-26)24-27-11-5-2-6-12-27/h1-6,9-16H,7-8,17-25H2. The fourth-order valence-electron chi connectivity index (χ4n) is 6.24. The zero-order valence-corrected chi connectivity index (χ0v) is 20.1. The Morgan fingerprint density at radius 3 is 1.91 bits per heavy atom. The Bertz CT molecular complexity index is 989. The number of rotatable bonds is 8. The predicted molar refractivity (Wildman–Crippen MR) is 136 cm³/mol. The van der Waals surface area contributed by atoms with Gasteiger partial charge in [0.25, 0.3) is 0 Å². The maximum Gasteiger partial charge on any atom is 0.123 e. The fourth-order valence-corrected chi connectivity index (χ4v) is 6.24. The summed E-state index contributed by atoms with van der Waals surface area (Å²) in [6, 6.07) is 28.9. The maximum atomic E-state index is 13.8. The minimum atomic E-state index is -0.156. The quantitative estimate of drug-likeness (QED) is 0.352. The van der Waals surface area contributed by atoms with Crippen LogP contribution in [-0.2, 0) is 23.2 Å². The molecule has 1 aliphatic heterocycles. The largest absolute Gasteiger partial charge is 0.375 e. The topological polar surface area (TPSA) is 12.5 Å². The van der Waals surface area contributed by atoms with E-state index in [9.17, 15) is 4.39 Å². The summed E-state index contributed by atoms with van der Waals surface area (Å²) < 4.78 is 20.3. The first-order valence-corrected chi connectivity index (χ1v) is 12.9. The lowest BCUT2D eigenvalue weighted by Crippen LogP contribution is -2.47. The van der Waals surface area contributed by atoms with Crippen LogP contribution in [0.2, 0.25) is 0 Å². The molecule has 1 saturated heterocycles. The van der Waals surface area contributed by atoms with Crippen LogP contribution >= 0.6 is 0 Å². The maximum absolute atomic E-state index is 13.8. The molecule has 3 aromatic rings. The molecule has 1 spiro atoms. The number of ether oxygens (including phenoxy) is 1. The highest BCUT2D eigenvalue weighted by atomic mass is 19.1. The van der Waals surface area contributed by atoms with Crippen LogP contribution in [0.25, 0.3) is 0 Å². The molecular formula is C31H36FNO. The van der Waals surface area contributed by atoms with Crippen LogP contribution in [0.3, 0.4) is 0 Å². The molecule has 1 atom stereocenters. The smallest absolute Gasteiger partial charge is 0.123 e. The Kier molecular flexibility index (Phi) is 7.12. The van der Waals surface area contributed by atoms with Crippen molar-refractivity contribution >= 4 is 0 Å². The highest BCUT2D eigenvalue weighted by Crippen LogP contribution is 2.50. The van der Waals surface area contributed by atoms with Crippen LogP contribution < -0.4 is 0 Å². The molecule has 1 unspecified atom stereocenters. The zero-order valence-electron chi connectivity index (χ0n) is 20.1. The molecule has 1 heterocycles. The van der Waals surface area contributed by atoms with E-state index in [4.69, 9.17) is 4.74 Å². The molecule has 3 aromatic carbocycles. The van der Waals surface area contributed by atoms with Gasteiger partial charge in [0, 0.05) is 25.1 Å². The van der Waals surface area contributed by atoms with E-state index < -0.39 is 0 Å². The second-order valence-electron chi connectivity index (χ2n) is 10.4. The van der Waals surface area contributed by atoms with Crippen molar-refractivity contribution in [3.63, 3.8) is 0 Å². The normalized spacial score (nSPS) is 21.8. The molecule has 0 N–H and O–H groups in total. The lowest BCUT2D eigenvalue weighted by atomic mass is 9.66. The molecular weight excluding hydrogens is 421 g/mol. The molecule has 0 amide bonds. The van der Waals surface area contributed by atoms with Crippen molar-refractivity contribution in [3.05, 3.63) is 107 Å². The summed E-state index contributed by atoms with van der Waals surface area (Å²) >= 11 is 0. The number of halogens is 1. The van der Waals surface area contributed by atoms with E-state index in [0.29, 0.717) is 0 Å². The van der Waals surface area contributed by atoms with Gasteiger partial charge in [0.1, 0.15) is 5.82 Å². The van der Waals surface area contributed by atoms with Crippen LogP contribution in [0, 0.1) is 5.82 Å². The average molecular weight is 458 g/mol. The first kappa shape index (κ1) is 23.3. The molecule has 5 rings (SSSR count). The zero-order chi connectivity index (χ0) is 23.3. The number of nitrogens with zero attached hydrogens (tertiary/aromatic N) is 1. The minimum Gasteiger partial charge on any atom is -0.375 e. The molecule has 2 nitrogen and oxygen atoms in total. The molecule has 1 saturated carbocycles. The van der Waals surface area contributed by atoms with E-state index in [1.54, 1.807) is 12.1 Å². The van der Waals surface area contributed by atoms with Gasteiger partial charge < -0.3 is 4.74 Å². The summed E-state index contributed by atoms with van der Waals surface area (Å²) in [5.41, 5.74) is 4.00. The molecule has 1 aliphatic carbocycles. The van der Waals surface area contributed by atoms with Crippen molar-refractivity contribution in [3.8, 4) is 0 Å². The van der Waals surface area contributed by atoms with E-state index in [2.05, 4.69) is 65.6 Å². The van der Waals surface area contributed by atoms with Crippen LogP contribution in [0.4, 0.5) is 4.39 Å². The summed E-state index contributed by atoms with van der Waals surface area (Å²) in [5, 5.41) is 0. The third kappa shape index (κ3) is 5.42. The monoisotopic (exact) mass is 457 g/mol. The van der Waals surface area contributed by atoms with Gasteiger partial charge in [-0.25, -0.2) is 4.39 Å². The lowest BCUT2D eigenvalue weighted by molar-refractivity contribution is -0.105. The molecule has 2 fully saturated rings. The van der Waals surface area contributed by atoms with Crippen LogP contribution in [0.1, 0.15) is 61.6 Å². The second kappa shape index (κ2) is 10.4. The van der Waals surface area contributed by atoms with E-state index in [1.165, 1.54) is 29.5 Å². The summed E-state index contributed by atoms with van der Waals surface area (Å²) in [4.78, 5) is 2.58. The second-order valence-corrected chi connectivity index (χ2v) is 10.4. The Hall–Kier alpha value is -2.49. The summed E-state index contributed by atoms with van der Waals surface area (Å²) in [6.45, 7) is 3.65. The third-order valence-corrected chi connectivity index (χ3v) is 8.03. The van der Waals surface area contributed by atoms with Crippen LogP contribution in [-0.4, -0.2) is 23.7 Å². The third-order valence-electron chi connectivity index (χ3n) is 8.03. The van der Waals surface area contributed by atoms with Crippen molar-refractivity contribution < 1.29 is 9.13 Å². The molecule has 2 aliphatic rings. The minimum absolute atomic E-state index is 0.0102. The van der Waals surface area contributed by atoms with Gasteiger partial charge in [-0.1, -0.05) is 85.6 Å². The number of benzene rings is 3. The van der Waals surface area contributed by atoms with E-state index >= 15 is 0 Å². The molecule has 34 heavy (non-hydrogen) atoms. The van der Waals surface area contributed by atoms with Gasteiger partial charge in [0.05, 0.1) is 5.60 Å². The molecule has 0 radical (unpaired) electrons. The first-order chi connectivity index (χ1) is 16.6. The molecule has 0 bridgehead atoms. The summed E-state index contributed by atoms with van der Waals surface area (Å²) in [7, 11) is 0. The fraction of sp³-hybridized carbons (Fsp3) is 0.419. The van der Waals surface area contributed by atoms with E-state index in [0.717, 1.165) is 58.3 Å². The average Bonchev–Trinajstić information content (AvgIpc) is 3.31. The Morgan fingerprint density at radius 2 is 1.32 bits per heavy atom. The van der Waals surface area contributed by atoms with Gasteiger partial charge in [-0.2, -0.15) is 0 Å². The molecule has 0 aromatic heterocycles. The van der Waals surface area contributed by atoms with Crippen molar-refractivity contribution in [2.24, 2.45) is 0 Å². The van der Waals surface area contributed by atoms with E-state index in [-0.39, 0.29) is 16.8 Å².